The van der Waals surface area contributed by atoms with Crippen molar-refractivity contribution in [2.75, 3.05) is 13.2 Å². The van der Waals surface area contributed by atoms with Gasteiger partial charge < -0.3 is 10.5 Å². The van der Waals surface area contributed by atoms with E-state index in [1.54, 1.807) is 0 Å². The molecule has 0 aromatic heterocycles. The van der Waals surface area contributed by atoms with Crippen molar-refractivity contribution >= 4 is 0 Å². The lowest BCUT2D eigenvalue weighted by Gasteiger charge is -2.09. The molecule has 0 bridgehead atoms. The van der Waals surface area contributed by atoms with E-state index < -0.39 is 0 Å². The molecular weight excluding hydrogens is 234 g/mol. The molecule has 0 radical (unpaired) electrons. The second kappa shape index (κ2) is 6.39. The zero-order valence-electron chi connectivity index (χ0n) is 11.6. The topological polar surface area (TPSA) is 35.2 Å². The third kappa shape index (κ3) is 3.58. The number of hydrogen-bond acceptors (Lipinski definition) is 2. The lowest BCUT2D eigenvalue weighted by Crippen LogP contribution is -2.06. The maximum Gasteiger partial charge on any atom is 0.119 e. The molecule has 0 spiro atoms. The number of aryl methyl sites for hydroxylation is 2. The van der Waals surface area contributed by atoms with Gasteiger partial charge in [0.15, 0.2) is 0 Å². The number of benzene rings is 2. The molecule has 2 aromatic rings. The summed E-state index contributed by atoms with van der Waals surface area (Å²) in [5, 5.41) is 0. The van der Waals surface area contributed by atoms with Gasteiger partial charge in [0.1, 0.15) is 5.75 Å². The van der Waals surface area contributed by atoms with E-state index in [2.05, 4.69) is 44.2 Å². The third-order valence-electron chi connectivity index (χ3n) is 3.29. The molecular formula is C17H21NO. The van der Waals surface area contributed by atoms with E-state index in [4.69, 9.17) is 10.5 Å². The third-order valence-corrected chi connectivity index (χ3v) is 3.29. The van der Waals surface area contributed by atoms with Crippen molar-refractivity contribution < 1.29 is 4.74 Å². The Morgan fingerprint density at radius 1 is 0.947 bits per heavy atom. The van der Waals surface area contributed by atoms with Crippen LogP contribution in [0.4, 0.5) is 0 Å². The summed E-state index contributed by atoms with van der Waals surface area (Å²) in [6.45, 7) is 5.61. The van der Waals surface area contributed by atoms with Gasteiger partial charge in [-0.05, 0) is 61.2 Å². The van der Waals surface area contributed by atoms with Gasteiger partial charge in [0.2, 0.25) is 0 Å². The van der Waals surface area contributed by atoms with Gasteiger partial charge in [-0.2, -0.15) is 0 Å². The first-order valence-electron chi connectivity index (χ1n) is 6.71. The molecule has 0 unspecified atom stereocenters. The van der Waals surface area contributed by atoms with Crippen molar-refractivity contribution in [1.29, 1.82) is 0 Å². The Balaban J connectivity index is 2.19. The maximum atomic E-state index is 5.68. The van der Waals surface area contributed by atoms with Crippen molar-refractivity contribution in [3.8, 4) is 16.9 Å². The molecule has 2 heteroatoms. The van der Waals surface area contributed by atoms with Crippen LogP contribution in [0.3, 0.4) is 0 Å². The highest BCUT2D eigenvalue weighted by molar-refractivity contribution is 5.66. The first-order chi connectivity index (χ1) is 9.20. The van der Waals surface area contributed by atoms with Gasteiger partial charge in [-0.1, -0.05) is 30.3 Å². The van der Waals surface area contributed by atoms with Gasteiger partial charge in [0.25, 0.3) is 0 Å². The minimum atomic E-state index is 0.664. The SMILES string of the molecule is Cc1ccc(-c2cccc(OCCCN)c2)cc1C. The van der Waals surface area contributed by atoms with E-state index in [1.165, 1.54) is 22.3 Å². The van der Waals surface area contributed by atoms with Crippen molar-refractivity contribution in [3.05, 3.63) is 53.6 Å². The van der Waals surface area contributed by atoms with Gasteiger partial charge in [-0.3, -0.25) is 0 Å². The van der Waals surface area contributed by atoms with E-state index in [0.29, 0.717) is 13.2 Å². The summed E-state index contributed by atoms with van der Waals surface area (Å²) in [5.74, 6) is 0.907. The van der Waals surface area contributed by atoms with E-state index in [1.807, 2.05) is 12.1 Å². The minimum Gasteiger partial charge on any atom is -0.494 e. The van der Waals surface area contributed by atoms with Crippen LogP contribution in [-0.4, -0.2) is 13.2 Å². The predicted molar refractivity (Wildman–Crippen MR) is 80.5 cm³/mol. The van der Waals surface area contributed by atoms with Crippen molar-refractivity contribution in [2.24, 2.45) is 5.73 Å². The van der Waals surface area contributed by atoms with Crippen molar-refractivity contribution in [1.82, 2.24) is 0 Å². The minimum absolute atomic E-state index is 0.664. The van der Waals surface area contributed by atoms with Crippen LogP contribution in [0.5, 0.6) is 5.75 Å². The lowest BCUT2D eigenvalue weighted by atomic mass is 10.0. The molecule has 2 rings (SSSR count). The zero-order valence-corrected chi connectivity index (χ0v) is 11.6. The molecule has 0 aliphatic rings. The molecule has 0 aliphatic heterocycles. The summed E-state index contributed by atoms with van der Waals surface area (Å²) in [4.78, 5) is 0. The molecule has 0 aliphatic carbocycles. The van der Waals surface area contributed by atoms with Crippen LogP contribution >= 0.6 is 0 Å². The second-order valence-corrected chi connectivity index (χ2v) is 4.82. The summed E-state index contributed by atoms with van der Waals surface area (Å²) in [5.41, 5.74) is 10.5. The Morgan fingerprint density at radius 2 is 1.74 bits per heavy atom. The van der Waals surface area contributed by atoms with Crippen molar-refractivity contribution in [2.45, 2.75) is 20.3 Å². The normalized spacial score (nSPS) is 10.5. The second-order valence-electron chi connectivity index (χ2n) is 4.82. The summed E-state index contributed by atoms with van der Waals surface area (Å²) < 4.78 is 5.68. The number of ether oxygens (including phenoxy) is 1. The van der Waals surface area contributed by atoms with Gasteiger partial charge in [-0.25, -0.2) is 0 Å². The lowest BCUT2D eigenvalue weighted by molar-refractivity contribution is 0.313. The predicted octanol–water partition coefficient (Wildman–Crippen LogP) is 3.70. The standard InChI is InChI=1S/C17H21NO/c1-13-7-8-16(11-14(13)2)15-5-3-6-17(12-15)19-10-4-9-18/h3,5-8,11-12H,4,9-10,18H2,1-2H3. The Labute approximate surface area is 115 Å². The quantitative estimate of drug-likeness (QED) is 0.827. The average Bonchev–Trinajstić information content (AvgIpc) is 2.43. The summed E-state index contributed by atoms with van der Waals surface area (Å²) in [6.07, 6.45) is 0.883. The molecule has 0 heterocycles. The molecule has 0 saturated carbocycles. The summed E-state index contributed by atoms with van der Waals surface area (Å²) in [6, 6.07) is 14.7. The molecule has 100 valence electrons. The number of hydrogen-bond donors (Lipinski definition) is 1. The number of nitrogens with two attached hydrogens (primary N) is 1. The summed E-state index contributed by atoms with van der Waals surface area (Å²) >= 11 is 0. The van der Waals surface area contributed by atoms with Crippen LogP contribution in [0.1, 0.15) is 17.5 Å². The Morgan fingerprint density at radius 3 is 2.47 bits per heavy atom. The molecule has 2 aromatic carbocycles. The van der Waals surface area contributed by atoms with E-state index in [9.17, 15) is 0 Å². The maximum absolute atomic E-state index is 5.68. The molecule has 19 heavy (non-hydrogen) atoms. The molecule has 0 saturated heterocycles. The van der Waals surface area contributed by atoms with Gasteiger partial charge in [0.05, 0.1) is 6.61 Å². The van der Waals surface area contributed by atoms with Crippen molar-refractivity contribution in [3.63, 3.8) is 0 Å². The highest BCUT2D eigenvalue weighted by atomic mass is 16.5. The Hall–Kier alpha value is -1.80. The first-order valence-corrected chi connectivity index (χ1v) is 6.71. The molecule has 0 atom stereocenters. The van der Waals surface area contributed by atoms with Gasteiger partial charge in [0, 0.05) is 0 Å². The monoisotopic (exact) mass is 255 g/mol. The smallest absolute Gasteiger partial charge is 0.119 e. The average molecular weight is 255 g/mol. The van der Waals surface area contributed by atoms with Crippen LogP contribution in [0, 0.1) is 13.8 Å². The fourth-order valence-electron chi connectivity index (χ4n) is 1.96. The molecule has 0 amide bonds. The Kier molecular flexibility index (Phi) is 4.58. The van der Waals surface area contributed by atoms with Crippen LogP contribution < -0.4 is 10.5 Å². The highest BCUT2D eigenvalue weighted by Crippen LogP contribution is 2.25. The fourth-order valence-corrected chi connectivity index (χ4v) is 1.96. The molecule has 2 N–H and O–H groups in total. The van der Waals surface area contributed by atoms with Crippen LogP contribution in [-0.2, 0) is 0 Å². The van der Waals surface area contributed by atoms with E-state index in [-0.39, 0.29) is 0 Å². The van der Waals surface area contributed by atoms with Gasteiger partial charge in [-0.15, -0.1) is 0 Å². The van der Waals surface area contributed by atoms with Crippen LogP contribution in [0.15, 0.2) is 42.5 Å². The first kappa shape index (κ1) is 13.6. The van der Waals surface area contributed by atoms with E-state index in [0.717, 1.165) is 12.2 Å². The summed E-state index contributed by atoms with van der Waals surface area (Å²) in [7, 11) is 0. The number of rotatable bonds is 5. The fraction of sp³-hybridized carbons (Fsp3) is 0.294. The van der Waals surface area contributed by atoms with Gasteiger partial charge >= 0.3 is 0 Å². The zero-order chi connectivity index (χ0) is 13.7. The Bertz CT molecular complexity index is 549. The van der Waals surface area contributed by atoms with E-state index >= 15 is 0 Å². The molecule has 0 fully saturated rings. The van der Waals surface area contributed by atoms with Crippen LogP contribution in [0.25, 0.3) is 11.1 Å². The highest BCUT2D eigenvalue weighted by Gasteiger charge is 2.02. The molecule has 2 nitrogen and oxygen atoms in total. The van der Waals surface area contributed by atoms with Crippen LogP contribution in [0.2, 0.25) is 0 Å². The largest absolute Gasteiger partial charge is 0.494 e.